The van der Waals surface area contributed by atoms with Gasteiger partial charge in [0.2, 0.25) is 0 Å². The smallest absolute Gasteiger partial charge is 0.141 e. The predicted octanol–water partition coefficient (Wildman–Crippen LogP) is 3.56. The molecule has 14 heavy (non-hydrogen) atoms. The zero-order chi connectivity index (χ0) is 10.7. The van der Waals surface area contributed by atoms with Crippen LogP contribution in [0.3, 0.4) is 0 Å². The van der Waals surface area contributed by atoms with E-state index in [4.69, 9.17) is 11.6 Å². The van der Waals surface area contributed by atoms with Gasteiger partial charge in [0.25, 0.3) is 0 Å². The van der Waals surface area contributed by atoms with Crippen LogP contribution in [0.2, 0.25) is 5.02 Å². The highest BCUT2D eigenvalue weighted by Crippen LogP contribution is 2.27. The summed E-state index contributed by atoms with van der Waals surface area (Å²) in [5, 5.41) is 9.88. The van der Waals surface area contributed by atoms with Crippen LogP contribution in [0, 0.1) is 11.7 Å². The van der Waals surface area contributed by atoms with Crippen molar-refractivity contribution in [3.05, 3.63) is 34.6 Å². The third-order valence-corrected chi connectivity index (χ3v) is 2.76. The van der Waals surface area contributed by atoms with Crippen LogP contribution < -0.4 is 0 Å². The van der Waals surface area contributed by atoms with Gasteiger partial charge in [0.05, 0.1) is 11.1 Å². The molecule has 2 unspecified atom stereocenters. The van der Waals surface area contributed by atoms with E-state index in [-0.39, 0.29) is 10.9 Å². The second kappa shape index (κ2) is 4.76. The number of rotatable bonds is 3. The van der Waals surface area contributed by atoms with Gasteiger partial charge in [-0.05, 0) is 23.6 Å². The molecule has 0 aromatic heterocycles. The quantitative estimate of drug-likeness (QED) is 0.819. The molecule has 1 aromatic rings. The van der Waals surface area contributed by atoms with Crippen molar-refractivity contribution < 1.29 is 9.50 Å². The number of benzene rings is 1. The van der Waals surface area contributed by atoms with E-state index in [1.165, 1.54) is 12.1 Å². The first-order chi connectivity index (χ1) is 6.56. The zero-order valence-corrected chi connectivity index (χ0v) is 9.05. The molecule has 0 radical (unpaired) electrons. The van der Waals surface area contributed by atoms with Gasteiger partial charge in [-0.2, -0.15) is 0 Å². The van der Waals surface area contributed by atoms with E-state index < -0.39 is 11.9 Å². The van der Waals surface area contributed by atoms with Crippen molar-refractivity contribution in [1.29, 1.82) is 0 Å². The topological polar surface area (TPSA) is 20.2 Å². The number of hydrogen-bond donors (Lipinski definition) is 1. The molecule has 2 atom stereocenters. The fourth-order valence-electron chi connectivity index (χ4n) is 1.25. The molecule has 0 fully saturated rings. The fraction of sp³-hybridized carbons (Fsp3) is 0.455. The zero-order valence-electron chi connectivity index (χ0n) is 8.30. The fourth-order valence-corrected chi connectivity index (χ4v) is 1.44. The molecular formula is C11H14ClFO. The highest BCUT2D eigenvalue weighted by molar-refractivity contribution is 6.30. The summed E-state index contributed by atoms with van der Waals surface area (Å²) in [4.78, 5) is 0. The Hall–Kier alpha value is -0.600. The Morgan fingerprint density at radius 2 is 2.14 bits per heavy atom. The standard InChI is InChI=1S/C11H14ClFO/c1-3-7(2)11(14)8-4-5-10(13)9(12)6-8/h4-7,11,14H,3H2,1-2H3. The van der Waals surface area contributed by atoms with Crippen LogP contribution in [0.25, 0.3) is 0 Å². The summed E-state index contributed by atoms with van der Waals surface area (Å²) in [5.74, 6) is -0.303. The van der Waals surface area contributed by atoms with E-state index >= 15 is 0 Å². The molecule has 0 amide bonds. The molecule has 0 saturated heterocycles. The maximum atomic E-state index is 12.8. The lowest BCUT2D eigenvalue weighted by Gasteiger charge is -2.17. The molecule has 0 saturated carbocycles. The van der Waals surface area contributed by atoms with Gasteiger partial charge in [0, 0.05) is 0 Å². The van der Waals surface area contributed by atoms with E-state index in [2.05, 4.69) is 0 Å². The summed E-state index contributed by atoms with van der Waals surface area (Å²) in [5.41, 5.74) is 0.672. The van der Waals surface area contributed by atoms with Crippen molar-refractivity contribution in [3.8, 4) is 0 Å². The Kier molecular flexibility index (Phi) is 3.90. The molecule has 1 nitrogen and oxygen atoms in total. The summed E-state index contributed by atoms with van der Waals surface area (Å²) in [7, 11) is 0. The SMILES string of the molecule is CCC(C)C(O)c1ccc(F)c(Cl)c1. The number of aliphatic hydroxyl groups is 1. The Bertz CT molecular complexity index is 314. The summed E-state index contributed by atoms with van der Waals surface area (Å²) in [6.45, 7) is 3.95. The average Bonchev–Trinajstić information content (AvgIpc) is 2.20. The minimum Gasteiger partial charge on any atom is -0.388 e. The van der Waals surface area contributed by atoms with Gasteiger partial charge in [0.1, 0.15) is 5.82 Å². The summed E-state index contributed by atoms with van der Waals surface area (Å²) in [6, 6.07) is 4.33. The number of hydrogen-bond acceptors (Lipinski definition) is 1. The van der Waals surface area contributed by atoms with Gasteiger partial charge < -0.3 is 5.11 Å². The Balaban J connectivity index is 2.91. The van der Waals surface area contributed by atoms with Crippen molar-refractivity contribution in [3.63, 3.8) is 0 Å². The summed E-state index contributed by atoms with van der Waals surface area (Å²) in [6.07, 6.45) is 0.300. The van der Waals surface area contributed by atoms with Crippen molar-refractivity contribution in [2.45, 2.75) is 26.4 Å². The van der Waals surface area contributed by atoms with E-state index in [9.17, 15) is 9.50 Å². The van der Waals surface area contributed by atoms with Gasteiger partial charge >= 0.3 is 0 Å². The van der Waals surface area contributed by atoms with E-state index in [1.807, 2.05) is 13.8 Å². The van der Waals surface area contributed by atoms with Gasteiger partial charge in [-0.15, -0.1) is 0 Å². The molecule has 1 rings (SSSR count). The maximum Gasteiger partial charge on any atom is 0.141 e. The largest absolute Gasteiger partial charge is 0.388 e. The second-order valence-corrected chi connectivity index (χ2v) is 3.91. The van der Waals surface area contributed by atoms with Crippen molar-refractivity contribution >= 4 is 11.6 Å². The molecule has 0 aliphatic rings. The lowest BCUT2D eigenvalue weighted by atomic mass is 9.95. The van der Waals surface area contributed by atoms with Crippen LogP contribution in [0.5, 0.6) is 0 Å². The van der Waals surface area contributed by atoms with Gasteiger partial charge in [-0.25, -0.2) is 4.39 Å². The Morgan fingerprint density at radius 1 is 1.50 bits per heavy atom. The van der Waals surface area contributed by atoms with Gasteiger partial charge in [-0.1, -0.05) is 37.9 Å². The Labute approximate surface area is 88.5 Å². The summed E-state index contributed by atoms with van der Waals surface area (Å²) < 4.78 is 12.8. The van der Waals surface area contributed by atoms with E-state index in [1.54, 1.807) is 6.07 Å². The first kappa shape index (κ1) is 11.5. The van der Waals surface area contributed by atoms with Crippen molar-refractivity contribution in [1.82, 2.24) is 0 Å². The highest BCUT2D eigenvalue weighted by Gasteiger charge is 2.15. The van der Waals surface area contributed by atoms with Crippen molar-refractivity contribution in [2.24, 2.45) is 5.92 Å². The first-order valence-electron chi connectivity index (χ1n) is 4.69. The van der Waals surface area contributed by atoms with Crippen LogP contribution in [-0.2, 0) is 0 Å². The highest BCUT2D eigenvalue weighted by atomic mass is 35.5. The normalized spacial score (nSPS) is 15.2. The maximum absolute atomic E-state index is 12.8. The van der Waals surface area contributed by atoms with Crippen LogP contribution >= 0.6 is 11.6 Å². The molecule has 0 bridgehead atoms. The lowest BCUT2D eigenvalue weighted by Crippen LogP contribution is -2.08. The van der Waals surface area contributed by atoms with Crippen molar-refractivity contribution in [2.75, 3.05) is 0 Å². The first-order valence-corrected chi connectivity index (χ1v) is 5.07. The molecule has 0 spiro atoms. The van der Waals surface area contributed by atoms with Crippen LogP contribution in [0.15, 0.2) is 18.2 Å². The van der Waals surface area contributed by atoms with Gasteiger partial charge in [0.15, 0.2) is 0 Å². The third kappa shape index (κ3) is 2.46. The molecule has 0 aliphatic carbocycles. The van der Waals surface area contributed by atoms with Crippen LogP contribution in [-0.4, -0.2) is 5.11 Å². The van der Waals surface area contributed by atoms with Gasteiger partial charge in [-0.3, -0.25) is 0 Å². The minimum absolute atomic E-state index is 0.0600. The molecule has 1 aromatic carbocycles. The monoisotopic (exact) mass is 216 g/mol. The number of halogens is 2. The summed E-state index contributed by atoms with van der Waals surface area (Å²) >= 11 is 5.62. The molecule has 0 aliphatic heterocycles. The lowest BCUT2D eigenvalue weighted by molar-refractivity contribution is 0.115. The van der Waals surface area contributed by atoms with Crippen LogP contribution in [0.1, 0.15) is 31.9 Å². The Morgan fingerprint density at radius 3 is 2.64 bits per heavy atom. The molecule has 1 N–H and O–H groups in total. The minimum atomic E-state index is -0.571. The average molecular weight is 217 g/mol. The van der Waals surface area contributed by atoms with E-state index in [0.717, 1.165) is 6.42 Å². The molecule has 3 heteroatoms. The molecule has 78 valence electrons. The third-order valence-electron chi connectivity index (χ3n) is 2.47. The molecule has 0 heterocycles. The second-order valence-electron chi connectivity index (χ2n) is 3.50. The molecular weight excluding hydrogens is 203 g/mol. The number of aliphatic hydroxyl groups excluding tert-OH is 1. The predicted molar refractivity (Wildman–Crippen MR) is 55.8 cm³/mol. The van der Waals surface area contributed by atoms with E-state index in [0.29, 0.717) is 5.56 Å². The van der Waals surface area contributed by atoms with Crippen LogP contribution in [0.4, 0.5) is 4.39 Å².